The van der Waals surface area contributed by atoms with E-state index in [1.165, 1.54) is 11.3 Å². The second-order valence-corrected chi connectivity index (χ2v) is 7.61. The molecule has 1 aromatic carbocycles. The molecule has 0 aliphatic carbocycles. The number of thiophene rings is 1. The third kappa shape index (κ3) is 4.24. The lowest BCUT2D eigenvalue weighted by Gasteiger charge is -2.32. The van der Waals surface area contributed by atoms with Crippen LogP contribution in [0.4, 0.5) is 0 Å². The van der Waals surface area contributed by atoms with Gasteiger partial charge in [0.05, 0.1) is 0 Å². The number of hydrogen-bond acceptors (Lipinski definition) is 5. The summed E-state index contributed by atoms with van der Waals surface area (Å²) in [6.07, 6.45) is 2.76. The molecule has 1 aromatic heterocycles. The lowest BCUT2D eigenvalue weighted by molar-refractivity contribution is -0.132. The maximum Gasteiger partial charge on any atom is 0.252 e. The van der Waals surface area contributed by atoms with E-state index in [-0.39, 0.29) is 24.6 Å². The Labute approximate surface area is 162 Å². The molecule has 7 heteroatoms. The smallest absolute Gasteiger partial charge is 0.252 e. The first-order valence-electron chi connectivity index (χ1n) is 9.18. The topological polar surface area (TPSA) is 67.9 Å². The summed E-state index contributed by atoms with van der Waals surface area (Å²) in [5.41, 5.74) is 1.78. The Balaban J connectivity index is 1.22. The molecule has 2 amide bonds. The van der Waals surface area contributed by atoms with Crippen molar-refractivity contribution in [2.45, 2.75) is 31.7 Å². The summed E-state index contributed by atoms with van der Waals surface area (Å²) in [5.74, 6) is 1.65. The number of ether oxygens (including phenoxy) is 2. The van der Waals surface area contributed by atoms with Gasteiger partial charge in [0.25, 0.3) is 5.91 Å². The number of carbonyl (C=O) groups is 2. The van der Waals surface area contributed by atoms with Crippen molar-refractivity contribution >= 4 is 23.2 Å². The zero-order valence-electron chi connectivity index (χ0n) is 15.0. The van der Waals surface area contributed by atoms with Crippen LogP contribution in [0.5, 0.6) is 11.5 Å². The lowest BCUT2D eigenvalue weighted by Crippen LogP contribution is -2.46. The molecule has 0 unspecified atom stereocenters. The van der Waals surface area contributed by atoms with Crippen LogP contribution in [0.3, 0.4) is 0 Å². The Kier molecular flexibility index (Phi) is 5.29. The zero-order chi connectivity index (χ0) is 18.6. The van der Waals surface area contributed by atoms with E-state index in [1.54, 1.807) is 0 Å². The summed E-state index contributed by atoms with van der Waals surface area (Å²) >= 11 is 1.52. The molecule has 27 heavy (non-hydrogen) atoms. The molecule has 4 rings (SSSR count). The number of fused-ring (bicyclic) bond motifs is 1. The lowest BCUT2D eigenvalue weighted by atomic mass is 10.0. The van der Waals surface area contributed by atoms with Crippen molar-refractivity contribution in [1.29, 1.82) is 0 Å². The highest BCUT2D eigenvalue weighted by Crippen LogP contribution is 2.32. The molecule has 2 aliphatic rings. The molecule has 1 saturated heterocycles. The number of nitrogens with zero attached hydrogens (tertiary/aromatic N) is 1. The van der Waals surface area contributed by atoms with E-state index < -0.39 is 0 Å². The van der Waals surface area contributed by atoms with Crippen LogP contribution < -0.4 is 14.8 Å². The van der Waals surface area contributed by atoms with E-state index in [0.29, 0.717) is 31.5 Å². The average Bonchev–Trinajstić information content (AvgIpc) is 3.38. The standard InChI is InChI=1S/C20H22N2O4S/c23-19(4-2-14-1-3-17-18(11-14)26-13-25-17)22-8-5-16(6-9-22)21-20(24)15-7-10-27-12-15/h1,3,7,10-12,16H,2,4-6,8-9,13H2,(H,21,24). The molecule has 6 nitrogen and oxygen atoms in total. The molecule has 3 heterocycles. The van der Waals surface area contributed by atoms with Crippen molar-refractivity contribution < 1.29 is 19.1 Å². The summed E-state index contributed by atoms with van der Waals surface area (Å²) in [5, 5.41) is 6.82. The van der Waals surface area contributed by atoms with Crippen molar-refractivity contribution in [3.8, 4) is 11.5 Å². The Morgan fingerprint density at radius 3 is 2.74 bits per heavy atom. The number of hydrogen-bond donors (Lipinski definition) is 1. The SMILES string of the molecule is O=C(NC1CCN(C(=O)CCc2ccc3c(c2)OCO3)CC1)c1ccsc1. The molecule has 0 saturated carbocycles. The van der Waals surface area contributed by atoms with Crippen LogP contribution >= 0.6 is 11.3 Å². The summed E-state index contributed by atoms with van der Waals surface area (Å²) in [6.45, 7) is 1.64. The molecule has 0 spiro atoms. The number of likely N-dealkylation sites (tertiary alicyclic amines) is 1. The number of nitrogens with one attached hydrogen (secondary N) is 1. The summed E-state index contributed by atoms with van der Waals surface area (Å²) < 4.78 is 10.7. The quantitative estimate of drug-likeness (QED) is 0.858. The molecule has 0 radical (unpaired) electrons. The normalized spacial score (nSPS) is 16.4. The first-order chi connectivity index (χ1) is 13.2. The molecule has 1 N–H and O–H groups in total. The van der Waals surface area contributed by atoms with E-state index >= 15 is 0 Å². The van der Waals surface area contributed by atoms with Gasteiger partial charge in [-0.05, 0) is 48.4 Å². The first-order valence-corrected chi connectivity index (χ1v) is 10.1. The van der Waals surface area contributed by atoms with Crippen molar-refractivity contribution in [2.75, 3.05) is 19.9 Å². The van der Waals surface area contributed by atoms with Crippen LogP contribution in [0.1, 0.15) is 35.2 Å². The molecular weight excluding hydrogens is 364 g/mol. The number of carbonyl (C=O) groups excluding carboxylic acids is 2. The van der Waals surface area contributed by atoms with E-state index in [9.17, 15) is 9.59 Å². The molecule has 1 fully saturated rings. The van der Waals surface area contributed by atoms with E-state index in [2.05, 4.69) is 5.32 Å². The maximum atomic E-state index is 12.5. The van der Waals surface area contributed by atoms with Crippen LogP contribution in [0.15, 0.2) is 35.0 Å². The second kappa shape index (κ2) is 8.00. The Morgan fingerprint density at radius 2 is 1.96 bits per heavy atom. The van der Waals surface area contributed by atoms with Crippen molar-refractivity contribution in [3.05, 3.63) is 46.2 Å². The third-order valence-electron chi connectivity index (χ3n) is 5.03. The monoisotopic (exact) mass is 386 g/mol. The molecule has 0 bridgehead atoms. The van der Waals surface area contributed by atoms with Crippen molar-refractivity contribution in [1.82, 2.24) is 10.2 Å². The molecule has 2 aromatic rings. The molecule has 0 atom stereocenters. The van der Waals surface area contributed by atoms with Gasteiger partial charge in [0.1, 0.15) is 0 Å². The highest BCUT2D eigenvalue weighted by Gasteiger charge is 2.24. The number of piperidine rings is 1. The summed E-state index contributed by atoms with van der Waals surface area (Å²) in [4.78, 5) is 26.5. The van der Waals surface area contributed by atoms with Gasteiger partial charge in [0.2, 0.25) is 12.7 Å². The van der Waals surface area contributed by atoms with Gasteiger partial charge in [-0.15, -0.1) is 0 Å². The fraction of sp³-hybridized carbons (Fsp3) is 0.400. The van der Waals surface area contributed by atoms with E-state index in [0.717, 1.165) is 29.9 Å². The predicted octanol–water partition coefficient (Wildman–Crippen LogP) is 2.83. The highest BCUT2D eigenvalue weighted by molar-refractivity contribution is 7.08. The minimum Gasteiger partial charge on any atom is -0.454 e. The molecule has 2 aliphatic heterocycles. The number of amides is 2. The van der Waals surface area contributed by atoms with Gasteiger partial charge in [-0.2, -0.15) is 11.3 Å². The van der Waals surface area contributed by atoms with E-state index in [1.807, 2.05) is 39.9 Å². The van der Waals surface area contributed by atoms with Crippen molar-refractivity contribution in [2.24, 2.45) is 0 Å². The minimum absolute atomic E-state index is 0.0242. The highest BCUT2D eigenvalue weighted by atomic mass is 32.1. The average molecular weight is 386 g/mol. The first kappa shape index (κ1) is 17.9. The molecule has 142 valence electrons. The Hall–Kier alpha value is -2.54. The van der Waals surface area contributed by atoms with Gasteiger partial charge >= 0.3 is 0 Å². The van der Waals surface area contributed by atoms with Crippen molar-refractivity contribution in [3.63, 3.8) is 0 Å². The van der Waals surface area contributed by atoms with Gasteiger partial charge < -0.3 is 19.7 Å². The molecular formula is C20H22N2O4S. The van der Waals surface area contributed by atoms with Crippen LogP contribution in [0.2, 0.25) is 0 Å². The summed E-state index contributed by atoms with van der Waals surface area (Å²) in [6, 6.07) is 7.78. The Bertz CT molecular complexity index is 813. The zero-order valence-corrected chi connectivity index (χ0v) is 15.8. The van der Waals surface area contributed by atoms with Gasteiger partial charge in [0, 0.05) is 36.5 Å². The Morgan fingerprint density at radius 1 is 1.15 bits per heavy atom. The summed E-state index contributed by atoms with van der Waals surface area (Å²) in [7, 11) is 0. The largest absolute Gasteiger partial charge is 0.454 e. The van der Waals surface area contributed by atoms with Gasteiger partial charge in [-0.3, -0.25) is 9.59 Å². The number of benzene rings is 1. The van der Waals surface area contributed by atoms with E-state index in [4.69, 9.17) is 9.47 Å². The fourth-order valence-electron chi connectivity index (χ4n) is 3.44. The van der Waals surface area contributed by atoms with Crippen LogP contribution in [-0.2, 0) is 11.2 Å². The van der Waals surface area contributed by atoms with Crippen LogP contribution in [0.25, 0.3) is 0 Å². The van der Waals surface area contributed by atoms with Crippen LogP contribution in [0, 0.1) is 0 Å². The minimum atomic E-state index is -0.0242. The van der Waals surface area contributed by atoms with Crippen LogP contribution in [-0.4, -0.2) is 42.6 Å². The van der Waals surface area contributed by atoms with Gasteiger partial charge in [0.15, 0.2) is 11.5 Å². The fourth-order valence-corrected chi connectivity index (χ4v) is 4.08. The van der Waals surface area contributed by atoms with Gasteiger partial charge in [-0.1, -0.05) is 6.07 Å². The maximum absolute atomic E-state index is 12.5. The number of rotatable bonds is 5. The number of aryl methyl sites for hydroxylation is 1. The van der Waals surface area contributed by atoms with Gasteiger partial charge in [-0.25, -0.2) is 0 Å². The predicted molar refractivity (Wildman–Crippen MR) is 102 cm³/mol. The second-order valence-electron chi connectivity index (χ2n) is 6.83. The third-order valence-corrected chi connectivity index (χ3v) is 5.71.